The number of benzene rings is 1. The first-order valence-electron chi connectivity index (χ1n) is 5.24. The Morgan fingerprint density at radius 3 is 2.72 bits per heavy atom. The molecule has 0 aliphatic carbocycles. The van der Waals surface area contributed by atoms with Crippen LogP contribution in [0.4, 0.5) is 13.2 Å². The molecule has 0 unspecified atom stereocenters. The zero-order chi connectivity index (χ0) is 13.3. The van der Waals surface area contributed by atoms with E-state index in [0.717, 1.165) is 10.2 Å². The van der Waals surface area contributed by atoms with Gasteiger partial charge < -0.3 is 5.11 Å². The van der Waals surface area contributed by atoms with Gasteiger partial charge in [0.2, 0.25) is 0 Å². The van der Waals surface area contributed by atoms with E-state index < -0.39 is 12.7 Å². The fraction of sp³-hybridized carbons (Fsp3) is 0.250. The van der Waals surface area contributed by atoms with E-state index in [-0.39, 0.29) is 5.75 Å². The van der Waals surface area contributed by atoms with Gasteiger partial charge in [-0.15, -0.1) is 0 Å². The van der Waals surface area contributed by atoms with Gasteiger partial charge in [0.25, 0.3) is 0 Å². The highest BCUT2D eigenvalue weighted by molar-refractivity contribution is 5.67. The molecule has 1 heterocycles. The van der Waals surface area contributed by atoms with Crippen LogP contribution in [0.5, 0.6) is 5.75 Å². The number of phenols is 1. The quantitative estimate of drug-likeness (QED) is 0.896. The molecule has 0 atom stereocenters. The van der Waals surface area contributed by atoms with Crippen molar-refractivity contribution < 1.29 is 18.3 Å². The van der Waals surface area contributed by atoms with Gasteiger partial charge in [-0.2, -0.15) is 18.3 Å². The Kier molecular flexibility index (Phi) is 3.02. The second kappa shape index (κ2) is 4.36. The molecule has 18 heavy (non-hydrogen) atoms. The van der Waals surface area contributed by atoms with Crippen LogP contribution in [0.3, 0.4) is 0 Å². The summed E-state index contributed by atoms with van der Waals surface area (Å²) >= 11 is 0. The molecular formula is C12H11F3N2O. The first-order valence-corrected chi connectivity index (χ1v) is 5.24. The number of hydrogen-bond acceptors (Lipinski definition) is 2. The molecule has 3 nitrogen and oxygen atoms in total. The second-order valence-electron chi connectivity index (χ2n) is 4.04. The predicted octanol–water partition coefficient (Wildman–Crippen LogP) is 3.13. The van der Waals surface area contributed by atoms with Crippen molar-refractivity contribution in [2.75, 3.05) is 0 Å². The number of rotatable bonds is 2. The standard InChI is InChI=1S/C12H11F3N2O/c1-8-2-3-10(18)4-11(8)9-5-16-17(6-9)7-12(13,14)15/h2-6,18H,7H2,1H3. The van der Waals surface area contributed by atoms with Gasteiger partial charge in [-0.1, -0.05) is 6.07 Å². The van der Waals surface area contributed by atoms with Crippen LogP contribution in [0, 0.1) is 6.92 Å². The van der Waals surface area contributed by atoms with Crippen molar-refractivity contribution >= 4 is 0 Å². The minimum Gasteiger partial charge on any atom is -0.508 e. The molecule has 1 aromatic carbocycles. The van der Waals surface area contributed by atoms with Gasteiger partial charge in [0, 0.05) is 11.8 Å². The van der Waals surface area contributed by atoms with Crippen LogP contribution in [0.2, 0.25) is 0 Å². The molecule has 2 rings (SSSR count). The van der Waals surface area contributed by atoms with Gasteiger partial charge in [-0.05, 0) is 30.2 Å². The average molecular weight is 256 g/mol. The molecule has 0 radical (unpaired) electrons. The topological polar surface area (TPSA) is 38.1 Å². The van der Waals surface area contributed by atoms with Crippen LogP contribution in [0.25, 0.3) is 11.1 Å². The lowest BCUT2D eigenvalue weighted by Crippen LogP contribution is -2.17. The van der Waals surface area contributed by atoms with E-state index in [9.17, 15) is 18.3 Å². The summed E-state index contributed by atoms with van der Waals surface area (Å²) in [6.07, 6.45) is -1.63. The summed E-state index contributed by atoms with van der Waals surface area (Å²) in [4.78, 5) is 0. The average Bonchev–Trinajstić information content (AvgIpc) is 2.67. The van der Waals surface area contributed by atoms with Crippen LogP contribution in [0.1, 0.15) is 5.56 Å². The van der Waals surface area contributed by atoms with Crippen LogP contribution in [-0.2, 0) is 6.54 Å². The lowest BCUT2D eigenvalue weighted by molar-refractivity contribution is -0.142. The van der Waals surface area contributed by atoms with Crippen molar-refractivity contribution in [2.45, 2.75) is 19.6 Å². The number of phenolic OH excluding ortho intramolecular Hbond substituents is 1. The lowest BCUT2D eigenvalue weighted by Gasteiger charge is -2.06. The first kappa shape index (κ1) is 12.5. The van der Waals surface area contributed by atoms with Crippen molar-refractivity contribution in [1.29, 1.82) is 0 Å². The molecule has 1 N–H and O–H groups in total. The fourth-order valence-electron chi connectivity index (χ4n) is 1.69. The molecule has 1 aromatic heterocycles. The molecule has 2 aromatic rings. The van der Waals surface area contributed by atoms with Gasteiger partial charge in [-0.3, -0.25) is 4.68 Å². The van der Waals surface area contributed by atoms with Gasteiger partial charge in [0.15, 0.2) is 0 Å². The van der Waals surface area contributed by atoms with Gasteiger partial charge in [0.05, 0.1) is 6.20 Å². The Bertz CT molecular complexity index is 561. The van der Waals surface area contributed by atoms with Crippen LogP contribution in [-0.4, -0.2) is 21.1 Å². The minimum atomic E-state index is -4.29. The maximum absolute atomic E-state index is 12.2. The summed E-state index contributed by atoms with van der Waals surface area (Å²) in [5, 5.41) is 13.0. The van der Waals surface area contributed by atoms with E-state index >= 15 is 0 Å². The third kappa shape index (κ3) is 2.82. The largest absolute Gasteiger partial charge is 0.508 e. The van der Waals surface area contributed by atoms with E-state index in [1.165, 1.54) is 24.5 Å². The summed E-state index contributed by atoms with van der Waals surface area (Å²) in [7, 11) is 0. The smallest absolute Gasteiger partial charge is 0.408 e. The minimum absolute atomic E-state index is 0.0687. The van der Waals surface area contributed by atoms with Crippen molar-refractivity contribution in [3.8, 4) is 16.9 Å². The highest BCUT2D eigenvalue weighted by Crippen LogP contribution is 2.27. The zero-order valence-electron chi connectivity index (χ0n) is 9.57. The third-order valence-corrected chi connectivity index (χ3v) is 2.51. The molecular weight excluding hydrogens is 245 g/mol. The maximum atomic E-state index is 12.2. The Balaban J connectivity index is 2.32. The molecule has 0 fully saturated rings. The van der Waals surface area contributed by atoms with E-state index in [1.54, 1.807) is 6.07 Å². The molecule has 0 bridgehead atoms. The summed E-state index contributed by atoms with van der Waals surface area (Å²) < 4.78 is 37.4. The lowest BCUT2D eigenvalue weighted by atomic mass is 10.0. The highest BCUT2D eigenvalue weighted by atomic mass is 19.4. The molecule has 0 aliphatic rings. The van der Waals surface area contributed by atoms with E-state index in [2.05, 4.69) is 5.10 Å². The normalized spacial score (nSPS) is 11.8. The Hall–Kier alpha value is -1.98. The summed E-state index contributed by atoms with van der Waals surface area (Å²) in [6.45, 7) is 0.695. The molecule has 96 valence electrons. The predicted molar refractivity (Wildman–Crippen MR) is 60.1 cm³/mol. The molecule has 0 amide bonds. The highest BCUT2D eigenvalue weighted by Gasteiger charge is 2.28. The van der Waals surface area contributed by atoms with Gasteiger partial charge in [0.1, 0.15) is 12.3 Å². The van der Waals surface area contributed by atoms with Crippen molar-refractivity contribution in [1.82, 2.24) is 9.78 Å². The summed E-state index contributed by atoms with van der Waals surface area (Å²) in [6, 6.07) is 4.73. The zero-order valence-corrected chi connectivity index (χ0v) is 9.57. The van der Waals surface area contributed by atoms with Crippen molar-refractivity contribution in [2.24, 2.45) is 0 Å². The number of nitrogens with zero attached hydrogens (tertiary/aromatic N) is 2. The fourth-order valence-corrected chi connectivity index (χ4v) is 1.69. The van der Waals surface area contributed by atoms with Gasteiger partial charge >= 0.3 is 6.18 Å². The Morgan fingerprint density at radius 1 is 1.33 bits per heavy atom. The van der Waals surface area contributed by atoms with Crippen molar-refractivity contribution in [3.05, 3.63) is 36.2 Å². The molecule has 0 spiro atoms. The number of halogens is 3. The maximum Gasteiger partial charge on any atom is 0.408 e. The molecule has 0 saturated carbocycles. The summed E-state index contributed by atoms with van der Waals surface area (Å²) in [5.74, 6) is 0.0687. The number of aromatic nitrogens is 2. The Labute approximate surface area is 101 Å². The Morgan fingerprint density at radius 2 is 2.06 bits per heavy atom. The number of aromatic hydroxyl groups is 1. The number of alkyl halides is 3. The molecule has 0 aliphatic heterocycles. The monoisotopic (exact) mass is 256 g/mol. The number of aryl methyl sites for hydroxylation is 1. The van der Waals surface area contributed by atoms with Crippen LogP contribution >= 0.6 is 0 Å². The third-order valence-electron chi connectivity index (χ3n) is 2.51. The van der Waals surface area contributed by atoms with E-state index in [0.29, 0.717) is 11.1 Å². The van der Waals surface area contributed by atoms with E-state index in [1.807, 2.05) is 6.92 Å². The first-order chi connectivity index (χ1) is 8.35. The van der Waals surface area contributed by atoms with Crippen LogP contribution in [0.15, 0.2) is 30.6 Å². The SMILES string of the molecule is Cc1ccc(O)cc1-c1cnn(CC(F)(F)F)c1. The van der Waals surface area contributed by atoms with Gasteiger partial charge in [-0.25, -0.2) is 0 Å². The van der Waals surface area contributed by atoms with E-state index in [4.69, 9.17) is 0 Å². The summed E-state index contributed by atoms with van der Waals surface area (Å²) in [5.41, 5.74) is 2.08. The molecule has 0 saturated heterocycles. The van der Waals surface area contributed by atoms with Crippen LogP contribution < -0.4 is 0 Å². The second-order valence-corrected chi connectivity index (χ2v) is 4.04. The number of hydrogen-bond donors (Lipinski definition) is 1. The van der Waals surface area contributed by atoms with Crippen molar-refractivity contribution in [3.63, 3.8) is 0 Å². The molecule has 6 heteroatoms.